The van der Waals surface area contributed by atoms with Gasteiger partial charge in [-0.2, -0.15) is 0 Å². The number of esters is 1. The molecular weight excluding hydrogens is 271 g/mol. The molecule has 1 heterocycles. The number of nitrogens with two attached hydrogens (primary N) is 1. The van der Waals surface area contributed by atoms with E-state index in [1.807, 2.05) is 11.5 Å². The number of rotatable bonds is 4. The maximum absolute atomic E-state index is 13.2. The molecule has 4 nitrogen and oxygen atoms in total. The van der Waals surface area contributed by atoms with Crippen molar-refractivity contribution in [3.8, 4) is 0 Å². The number of hydrogen-bond donors (Lipinski definition) is 1. The highest BCUT2D eigenvalue weighted by Gasteiger charge is 2.28. The van der Waals surface area contributed by atoms with Gasteiger partial charge in [-0.25, -0.2) is 9.18 Å². The lowest BCUT2D eigenvalue weighted by Gasteiger charge is -2.09. The summed E-state index contributed by atoms with van der Waals surface area (Å²) in [6.07, 6.45) is 3.87. The quantitative estimate of drug-likeness (QED) is 0.879. The lowest BCUT2D eigenvalue weighted by Crippen LogP contribution is -2.11. The van der Waals surface area contributed by atoms with Gasteiger partial charge in [0.15, 0.2) is 0 Å². The minimum Gasteiger partial charge on any atom is -0.456 e. The van der Waals surface area contributed by atoms with Gasteiger partial charge in [0, 0.05) is 12.2 Å². The van der Waals surface area contributed by atoms with Gasteiger partial charge in [-0.1, -0.05) is 6.07 Å². The molecule has 5 heteroatoms. The SMILES string of the molecule is Cc1ccc(F)cc1COC(=O)c1cc(N)cn1C1CC1. The second-order valence-corrected chi connectivity index (χ2v) is 5.44. The molecule has 0 amide bonds. The lowest BCUT2D eigenvalue weighted by molar-refractivity contribution is 0.0459. The van der Waals surface area contributed by atoms with E-state index in [-0.39, 0.29) is 12.4 Å². The fourth-order valence-electron chi connectivity index (χ4n) is 2.33. The zero-order valence-electron chi connectivity index (χ0n) is 11.8. The molecule has 0 spiro atoms. The van der Waals surface area contributed by atoms with Gasteiger partial charge in [0.05, 0.1) is 5.69 Å². The number of hydrogen-bond acceptors (Lipinski definition) is 3. The number of anilines is 1. The lowest BCUT2D eigenvalue weighted by atomic mass is 10.1. The average molecular weight is 288 g/mol. The van der Waals surface area contributed by atoms with Crippen LogP contribution in [-0.4, -0.2) is 10.5 Å². The fourth-order valence-corrected chi connectivity index (χ4v) is 2.33. The minimum absolute atomic E-state index is 0.0537. The topological polar surface area (TPSA) is 57.2 Å². The third-order valence-corrected chi connectivity index (χ3v) is 3.69. The molecule has 3 rings (SSSR count). The molecule has 2 aromatic rings. The van der Waals surface area contributed by atoms with Crippen molar-refractivity contribution in [2.45, 2.75) is 32.4 Å². The van der Waals surface area contributed by atoms with Crippen LogP contribution in [0.5, 0.6) is 0 Å². The Morgan fingerprint density at radius 1 is 1.43 bits per heavy atom. The molecule has 1 fully saturated rings. The number of ether oxygens (including phenoxy) is 1. The summed E-state index contributed by atoms with van der Waals surface area (Å²) in [5, 5.41) is 0. The third kappa shape index (κ3) is 2.91. The van der Waals surface area contributed by atoms with Gasteiger partial charge in [0.2, 0.25) is 0 Å². The summed E-state index contributed by atoms with van der Waals surface area (Å²) < 4.78 is 20.4. The monoisotopic (exact) mass is 288 g/mol. The molecule has 2 N–H and O–H groups in total. The third-order valence-electron chi connectivity index (χ3n) is 3.69. The molecule has 1 aliphatic carbocycles. The first-order valence-electron chi connectivity index (χ1n) is 6.94. The molecule has 1 saturated carbocycles. The van der Waals surface area contributed by atoms with Gasteiger partial charge >= 0.3 is 5.97 Å². The van der Waals surface area contributed by atoms with Crippen LogP contribution in [0.3, 0.4) is 0 Å². The van der Waals surface area contributed by atoms with Crippen LogP contribution in [0.2, 0.25) is 0 Å². The molecule has 0 radical (unpaired) electrons. The molecule has 0 aliphatic heterocycles. The van der Waals surface area contributed by atoms with Crippen LogP contribution in [0.1, 0.15) is 40.5 Å². The Morgan fingerprint density at radius 3 is 2.90 bits per heavy atom. The highest BCUT2D eigenvalue weighted by Crippen LogP contribution is 2.37. The fraction of sp³-hybridized carbons (Fsp3) is 0.312. The first-order valence-corrected chi connectivity index (χ1v) is 6.94. The molecular formula is C16H17FN2O2. The van der Waals surface area contributed by atoms with Crippen LogP contribution in [-0.2, 0) is 11.3 Å². The molecule has 1 aromatic carbocycles. The largest absolute Gasteiger partial charge is 0.456 e. The number of nitrogen functional groups attached to an aromatic ring is 1. The van der Waals surface area contributed by atoms with Crippen LogP contribution in [0.4, 0.5) is 10.1 Å². The van der Waals surface area contributed by atoms with Crippen molar-refractivity contribution < 1.29 is 13.9 Å². The number of aromatic nitrogens is 1. The second-order valence-electron chi connectivity index (χ2n) is 5.44. The predicted octanol–water partition coefficient (Wildman–Crippen LogP) is 3.21. The number of carbonyl (C=O) groups is 1. The highest BCUT2D eigenvalue weighted by molar-refractivity contribution is 5.89. The maximum atomic E-state index is 13.2. The van der Waals surface area contributed by atoms with Crippen LogP contribution < -0.4 is 5.73 Å². The van der Waals surface area contributed by atoms with E-state index < -0.39 is 5.97 Å². The zero-order chi connectivity index (χ0) is 15.0. The number of halogens is 1. The van der Waals surface area contributed by atoms with Crippen molar-refractivity contribution in [2.24, 2.45) is 0 Å². The van der Waals surface area contributed by atoms with Crippen LogP contribution in [0.25, 0.3) is 0 Å². The first kappa shape index (κ1) is 13.7. The van der Waals surface area contributed by atoms with E-state index >= 15 is 0 Å². The van der Waals surface area contributed by atoms with Crippen molar-refractivity contribution in [3.05, 3.63) is 53.1 Å². The summed E-state index contributed by atoms with van der Waals surface area (Å²) in [7, 11) is 0. The predicted molar refractivity (Wildman–Crippen MR) is 77.4 cm³/mol. The zero-order valence-corrected chi connectivity index (χ0v) is 11.8. The van der Waals surface area contributed by atoms with Crippen molar-refractivity contribution >= 4 is 11.7 Å². The van der Waals surface area contributed by atoms with Gasteiger partial charge in [0.25, 0.3) is 0 Å². The van der Waals surface area contributed by atoms with E-state index in [1.165, 1.54) is 12.1 Å². The van der Waals surface area contributed by atoms with E-state index in [0.717, 1.165) is 18.4 Å². The van der Waals surface area contributed by atoms with Crippen molar-refractivity contribution in [1.82, 2.24) is 4.57 Å². The Morgan fingerprint density at radius 2 is 2.19 bits per heavy atom. The molecule has 110 valence electrons. The average Bonchev–Trinajstić information content (AvgIpc) is 3.22. The van der Waals surface area contributed by atoms with E-state index in [9.17, 15) is 9.18 Å². The van der Waals surface area contributed by atoms with E-state index in [0.29, 0.717) is 23.0 Å². The van der Waals surface area contributed by atoms with Crippen molar-refractivity contribution in [3.63, 3.8) is 0 Å². The highest BCUT2D eigenvalue weighted by atomic mass is 19.1. The number of nitrogens with zero attached hydrogens (tertiary/aromatic N) is 1. The van der Waals surface area contributed by atoms with Gasteiger partial charge in [-0.05, 0) is 49.1 Å². The second kappa shape index (κ2) is 5.24. The molecule has 0 saturated heterocycles. The Hall–Kier alpha value is -2.30. The van der Waals surface area contributed by atoms with Crippen LogP contribution in [0.15, 0.2) is 30.5 Å². The van der Waals surface area contributed by atoms with E-state index in [4.69, 9.17) is 10.5 Å². The Bertz CT molecular complexity index is 690. The Balaban J connectivity index is 1.73. The minimum atomic E-state index is -0.428. The van der Waals surface area contributed by atoms with Crippen LogP contribution in [0, 0.1) is 12.7 Å². The molecule has 21 heavy (non-hydrogen) atoms. The normalized spacial score (nSPS) is 14.2. The van der Waals surface area contributed by atoms with Gasteiger partial charge in [-0.15, -0.1) is 0 Å². The van der Waals surface area contributed by atoms with E-state index in [1.54, 1.807) is 18.3 Å². The Kier molecular flexibility index (Phi) is 3.41. The maximum Gasteiger partial charge on any atom is 0.355 e. The summed E-state index contributed by atoms with van der Waals surface area (Å²) in [5.74, 6) is -0.764. The first-order chi connectivity index (χ1) is 10.0. The summed E-state index contributed by atoms with van der Waals surface area (Å²) in [6.45, 7) is 1.91. The number of aryl methyl sites for hydroxylation is 1. The number of benzene rings is 1. The Labute approximate surface area is 122 Å². The standard InChI is InChI=1S/C16H17FN2O2/c1-10-2-3-12(17)6-11(10)9-21-16(20)15-7-13(18)8-19(15)14-4-5-14/h2-3,6-8,14H,4-5,9,18H2,1H3. The van der Waals surface area contributed by atoms with Crippen molar-refractivity contribution in [1.29, 1.82) is 0 Å². The van der Waals surface area contributed by atoms with E-state index in [2.05, 4.69) is 0 Å². The summed E-state index contributed by atoms with van der Waals surface area (Å²) >= 11 is 0. The summed E-state index contributed by atoms with van der Waals surface area (Å²) in [5.41, 5.74) is 8.33. The van der Waals surface area contributed by atoms with Gasteiger partial charge < -0.3 is 15.0 Å². The van der Waals surface area contributed by atoms with Gasteiger partial charge in [-0.3, -0.25) is 0 Å². The molecule has 1 aromatic heterocycles. The molecule has 0 bridgehead atoms. The van der Waals surface area contributed by atoms with Gasteiger partial charge in [0.1, 0.15) is 18.1 Å². The van der Waals surface area contributed by atoms with Crippen molar-refractivity contribution in [2.75, 3.05) is 5.73 Å². The summed E-state index contributed by atoms with van der Waals surface area (Å²) in [6, 6.07) is 6.42. The molecule has 1 aliphatic rings. The molecule has 0 unspecified atom stereocenters. The number of carbonyl (C=O) groups excluding carboxylic acids is 1. The summed E-state index contributed by atoms with van der Waals surface area (Å²) in [4.78, 5) is 12.2. The van der Waals surface area contributed by atoms with Crippen LogP contribution >= 0.6 is 0 Å². The molecule has 0 atom stereocenters. The smallest absolute Gasteiger partial charge is 0.355 e.